The zero-order chi connectivity index (χ0) is 11.8. The van der Waals surface area contributed by atoms with Crippen molar-refractivity contribution < 1.29 is 14.3 Å². The fraction of sp³-hybridized carbons (Fsp3) is 0.462. The third kappa shape index (κ3) is 1.70. The molecular formula is C13H15FO2. The van der Waals surface area contributed by atoms with Crippen molar-refractivity contribution in [3.05, 3.63) is 35.1 Å². The minimum Gasteiger partial charge on any atom is -0.481 e. The Hall–Kier alpha value is -1.38. The number of hydrogen-bond acceptors (Lipinski definition) is 1. The highest BCUT2D eigenvalue weighted by molar-refractivity contribution is 5.69. The zero-order valence-corrected chi connectivity index (χ0v) is 9.29. The van der Waals surface area contributed by atoms with Crippen molar-refractivity contribution in [3.63, 3.8) is 0 Å². The summed E-state index contributed by atoms with van der Waals surface area (Å²) in [5, 5.41) is 8.94. The van der Waals surface area contributed by atoms with Crippen molar-refractivity contribution >= 4 is 5.97 Å². The molecule has 2 nitrogen and oxygen atoms in total. The normalized spacial score (nSPS) is 17.9. The van der Waals surface area contributed by atoms with Gasteiger partial charge in [-0.05, 0) is 37.0 Å². The highest BCUT2D eigenvalue weighted by atomic mass is 19.1. The topological polar surface area (TPSA) is 37.3 Å². The average Bonchev–Trinajstić information content (AvgIpc) is 2.16. The van der Waals surface area contributed by atoms with Crippen molar-refractivity contribution in [2.75, 3.05) is 0 Å². The van der Waals surface area contributed by atoms with Gasteiger partial charge in [0.15, 0.2) is 0 Å². The molecule has 0 aliphatic heterocycles. The number of benzene rings is 1. The van der Waals surface area contributed by atoms with Crippen LogP contribution >= 0.6 is 0 Å². The molecule has 0 heterocycles. The monoisotopic (exact) mass is 222 g/mol. The highest BCUT2D eigenvalue weighted by Gasteiger charge is 2.41. The Labute approximate surface area is 94.1 Å². The second-order valence-corrected chi connectivity index (χ2v) is 4.62. The molecule has 86 valence electrons. The van der Waals surface area contributed by atoms with Gasteiger partial charge < -0.3 is 5.11 Å². The van der Waals surface area contributed by atoms with Crippen LogP contribution < -0.4 is 0 Å². The van der Waals surface area contributed by atoms with E-state index < -0.39 is 5.97 Å². The van der Waals surface area contributed by atoms with Crippen LogP contribution in [-0.2, 0) is 10.2 Å². The van der Waals surface area contributed by atoms with Gasteiger partial charge in [-0.15, -0.1) is 0 Å². The largest absolute Gasteiger partial charge is 0.481 e. The molecule has 0 saturated heterocycles. The van der Waals surface area contributed by atoms with Crippen molar-refractivity contribution in [1.82, 2.24) is 0 Å². The molecule has 0 radical (unpaired) electrons. The Bertz CT molecular complexity index is 422. The molecule has 0 atom stereocenters. The Morgan fingerprint density at radius 1 is 1.50 bits per heavy atom. The van der Waals surface area contributed by atoms with Crippen LogP contribution in [0.5, 0.6) is 0 Å². The SMILES string of the molecule is Cc1c(F)cccc1C1(CC(=O)O)CCC1. The van der Waals surface area contributed by atoms with Crippen LogP contribution in [0.4, 0.5) is 4.39 Å². The first-order valence-electron chi connectivity index (χ1n) is 5.52. The van der Waals surface area contributed by atoms with Gasteiger partial charge in [0.25, 0.3) is 0 Å². The van der Waals surface area contributed by atoms with Gasteiger partial charge in [-0.1, -0.05) is 18.6 Å². The summed E-state index contributed by atoms with van der Waals surface area (Å²) >= 11 is 0. The Kier molecular flexibility index (Phi) is 2.70. The zero-order valence-electron chi connectivity index (χ0n) is 9.29. The molecule has 16 heavy (non-hydrogen) atoms. The fourth-order valence-corrected chi connectivity index (χ4v) is 2.62. The van der Waals surface area contributed by atoms with Crippen molar-refractivity contribution in [3.8, 4) is 0 Å². The van der Waals surface area contributed by atoms with Gasteiger partial charge in [-0.25, -0.2) is 4.39 Å². The van der Waals surface area contributed by atoms with E-state index in [1.807, 2.05) is 6.07 Å². The molecule has 1 aromatic rings. The van der Waals surface area contributed by atoms with E-state index in [0.29, 0.717) is 5.56 Å². The summed E-state index contributed by atoms with van der Waals surface area (Å²) in [5.74, 6) is -1.04. The maximum Gasteiger partial charge on any atom is 0.304 e. The molecule has 1 aliphatic carbocycles. The van der Waals surface area contributed by atoms with E-state index in [9.17, 15) is 9.18 Å². The van der Waals surface area contributed by atoms with Gasteiger partial charge in [0.05, 0.1) is 6.42 Å². The Morgan fingerprint density at radius 2 is 2.19 bits per heavy atom. The second-order valence-electron chi connectivity index (χ2n) is 4.62. The molecular weight excluding hydrogens is 207 g/mol. The van der Waals surface area contributed by atoms with E-state index >= 15 is 0 Å². The third-order valence-corrected chi connectivity index (χ3v) is 3.64. The van der Waals surface area contributed by atoms with Crippen LogP contribution in [0, 0.1) is 12.7 Å². The van der Waals surface area contributed by atoms with E-state index in [4.69, 9.17) is 5.11 Å². The van der Waals surface area contributed by atoms with Crippen molar-refractivity contribution in [2.24, 2.45) is 0 Å². The number of carboxylic acids is 1. The number of rotatable bonds is 3. The predicted molar refractivity (Wildman–Crippen MR) is 58.9 cm³/mol. The summed E-state index contributed by atoms with van der Waals surface area (Å²) in [6, 6.07) is 4.95. The quantitative estimate of drug-likeness (QED) is 0.853. The van der Waals surface area contributed by atoms with E-state index in [0.717, 1.165) is 24.8 Å². The first-order valence-corrected chi connectivity index (χ1v) is 5.52. The molecule has 0 amide bonds. The first-order chi connectivity index (χ1) is 7.55. The van der Waals surface area contributed by atoms with Gasteiger partial charge in [0.1, 0.15) is 5.82 Å². The molecule has 0 aromatic heterocycles. The Balaban J connectivity index is 2.40. The molecule has 1 saturated carbocycles. The molecule has 0 bridgehead atoms. The number of aliphatic carboxylic acids is 1. The lowest BCUT2D eigenvalue weighted by atomic mass is 9.61. The van der Waals surface area contributed by atoms with E-state index in [1.165, 1.54) is 6.07 Å². The van der Waals surface area contributed by atoms with E-state index in [-0.39, 0.29) is 17.7 Å². The summed E-state index contributed by atoms with van der Waals surface area (Å²) in [6.45, 7) is 1.73. The molecule has 3 heteroatoms. The molecule has 0 spiro atoms. The molecule has 1 fully saturated rings. The summed E-state index contributed by atoms with van der Waals surface area (Å²) < 4.78 is 13.5. The number of halogens is 1. The Morgan fingerprint density at radius 3 is 2.69 bits per heavy atom. The molecule has 2 rings (SSSR count). The number of hydrogen-bond donors (Lipinski definition) is 1. The van der Waals surface area contributed by atoms with Crippen LogP contribution in [0.25, 0.3) is 0 Å². The van der Waals surface area contributed by atoms with Gasteiger partial charge >= 0.3 is 5.97 Å². The lowest BCUT2D eigenvalue weighted by molar-refractivity contribution is -0.139. The van der Waals surface area contributed by atoms with Crippen LogP contribution in [0.15, 0.2) is 18.2 Å². The smallest absolute Gasteiger partial charge is 0.304 e. The third-order valence-electron chi connectivity index (χ3n) is 3.64. The highest BCUT2D eigenvalue weighted by Crippen LogP contribution is 2.47. The lowest BCUT2D eigenvalue weighted by Crippen LogP contribution is -2.37. The van der Waals surface area contributed by atoms with Gasteiger partial charge in [-0.3, -0.25) is 4.79 Å². The average molecular weight is 222 g/mol. The minimum absolute atomic E-state index is 0.108. The molecule has 1 N–H and O–H groups in total. The maximum absolute atomic E-state index is 13.5. The fourth-order valence-electron chi connectivity index (χ4n) is 2.62. The van der Waals surface area contributed by atoms with Gasteiger partial charge in [0, 0.05) is 5.41 Å². The summed E-state index contributed by atoms with van der Waals surface area (Å²) in [4.78, 5) is 10.9. The second kappa shape index (κ2) is 3.89. The van der Waals surface area contributed by atoms with Crippen LogP contribution in [0.3, 0.4) is 0 Å². The first kappa shape index (κ1) is 11.1. The van der Waals surface area contributed by atoms with E-state index in [1.54, 1.807) is 13.0 Å². The lowest BCUT2D eigenvalue weighted by Gasteiger charge is -2.42. The van der Waals surface area contributed by atoms with Gasteiger partial charge in [-0.2, -0.15) is 0 Å². The van der Waals surface area contributed by atoms with Gasteiger partial charge in [0.2, 0.25) is 0 Å². The van der Waals surface area contributed by atoms with Crippen molar-refractivity contribution in [1.29, 1.82) is 0 Å². The molecule has 1 aliphatic rings. The standard InChI is InChI=1S/C13H15FO2/c1-9-10(4-2-5-11(9)14)13(6-3-7-13)8-12(15)16/h2,4-5H,3,6-8H2,1H3,(H,15,16). The predicted octanol–water partition coefficient (Wildman–Crippen LogP) is 3.03. The molecule has 1 aromatic carbocycles. The summed E-state index contributed by atoms with van der Waals surface area (Å²) in [5.41, 5.74) is 1.16. The number of carboxylic acid groups (broad SMARTS) is 1. The van der Waals surface area contributed by atoms with Crippen LogP contribution in [0.2, 0.25) is 0 Å². The molecule has 0 unspecified atom stereocenters. The van der Waals surface area contributed by atoms with Crippen LogP contribution in [0.1, 0.15) is 36.8 Å². The van der Waals surface area contributed by atoms with Crippen LogP contribution in [-0.4, -0.2) is 11.1 Å². The number of carbonyl (C=O) groups is 1. The van der Waals surface area contributed by atoms with Crippen molar-refractivity contribution in [2.45, 2.75) is 38.0 Å². The summed E-state index contributed by atoms with van der Waals surface area (Å²) in [7, 11) is 0. The summed E-state index contributed by atoms with van der Waals surface area (Å²) in [6.07, 6.45) is 2.84. The van der Waals surface area contributed by atoms with E-state index in [2.05, 4.69) is 0 Å². The maximum atomic E-state index is 13.5. The minimum atomic E-state index is -0.802.